The number of ether oxygens (including phenoxy) is 1. The SMILES string of the molecule is COc1ccc(-c2nnc([C@H]3CCCN(C(=O)c4cc(C)on4)C3)s2)cc1. The molecule has 27 heavy (non-hydrogen) atoms. The second-order valence-electron chi connectivity index (χ2n) is 6.59. The number of hydrogen-bond acceptors (Lipinski definition) is 7. The molecule has 1 aliphatic rings. The largest absolute Gasteiger partial charge is 0.497 e. The third kappa shape index (κ3) is 3.71. The lowest BCUT2D eigenvalue weighted by atomic mass is 9.98. The van der Waals surface area contributed by atoms with Crippen LogP contribution in [0, 0.1) is 6.92 Å². The predicted molar refractivity (Wildman–Crippen MR) is 101 cm³/mol. The van der Waals surface area contributed by atoms with Gasteiger partial charge in [-0.05, 0) is 44.0 Å². The summed E-state index contributed by atoms with van der Waals surface area (Å²) in [6.07, 6.45) is 1.93. The molecule has 0 spiro atoms. The third-order valence-electron chi connectivity index (χ3n) is 4.68. The van der Waals surface area contributed by atoms with Gasteiger partial charge < -0.3 is 14.2 Å². The van der Waals surface area contributed by atoms with Crippen molar-refractivity contribution >= 4 is 17.2 Å². The van der Waals surface area contributed by atoms with Crippen molar-refractivity contribution in [2.45, 2.75) is 25.7 Å². The molecule has 4 rings (SSSR count). The van der Waals surface area contributed by atoms with Crippen LogP contribution < -0.4 is 4.74 Å². The second kappa shape index (κ2) is 7.48. The Morgan fingerprint density at radius 2 is 2.11 bits per heavy atom. The Hall–Kier alpha value is -2.74. The first-order valence-corrected chi connectivity index (χ1v) is 9.66. The minimum absolute atomic E-state index is 0.0866. The summed E-state index contributed by atoms with van der Waals surface area (Å²) in [6, 6.07) is 9.47. The molecule has 1 aromatic carbocycles. The Bertz CT molecular complexity index is 935. The molecule has 1 atom stereocenters. The zero-order chi connectivity index (χ0) is 18.8. The van der Waals surface area contributed by atoms with Crippen molar-refractivity contribution in [3.8, 4) is 16.3 Å². The molecule has 0 radical (unpaired) electrons. The van der Waals surface area contributed by atoms with E-state index in [1.54, 1.807) is 31.4 Å². The van der Waals surface area contributed by atoms with E-state index < -0.39 is 0 Å². The van der Waals surface area contributed by atoms with Crippen LogP contribution in [0.15, 0.2) is 34.9 Å². The summed E-state index contributed by atoms with van der Waals surface area (Å²) in [4.78, 5) is 14.5. The number of hydrogen-bond donors (Lipinski definition) is 0. The molecule has 0 bridgehead atoms. The number of likely N-dealkylation sites (tertiary alicyclic amines) is 1. The number of aryl methyl sites for hydroxylation is 1. The number of nitrogens with zero attached hydrogens (tertiary/aromatic N) is 4. The number of carbonyl (C=O) groups is 1. The van der Waals surface area contributed by atoms with Crippen molar-refractivity contribution in [2.75, 3.05) is 20.2 Å². The van der Waals surface area contributed by atoms with Crippen molar-refractivity contribution in [3.05, 3.63) is 46.8 Å². The molecule has 2 aromatic heterocycles. The Labute approximate surface area is 161 Å². The van der Waals surface area contributed by atoms with E-state index in [1.807, 2.05) is 29.2 Å². The van der Waals surface area contributed by atoms with Crippen LogP contribution in [0.1, 0.15) is 40.0 Å². The Kier molecular flexibility index (Phi) is 4.89. The quantitative estimate of drug-likeness (QED) is 0.684. The first-order valence-electron chi connectivity index (χ1n) is 8.84. The van der Waals surface area contributed by atoms with Gasteiger partial charge in [0.2, 0.25) is 0 Å². The maximum atomic E-state index is 12.6. The molecule has 1 saturated heterocycles. The fourth-order valence-electron chi connectivity index (χ4n) is 3.24. The average Bonchev–Trinajstić information content (AvgIpc) is 3.37. The van der Waals surface area contributed by atoms with Crippen LogP contribution in [0.25, 0.3) is 10.6 Å². The minimum Gasteiger partial charge on any atom is -0.497 e. The van der Waals surface area contributed by atoms with Gasteiger partial charge in [0, 0.05) is 30.6 Å². The van der Waals surface area contributed by atoms with Gasteiger partial charge in [0.25, 0.3) is 5.91 Å². The van der Waals surface area contributed by atoms with Gasteiger partial charge in [-0.15, -0.1) is 10.2 Å². The van der Waals surface area contributed by atoms with Crippen molar-refractivity contribution in [3.63, 3.8) is 0 Å². The van der Waals surface area contributed by atoms with Gasteiger partial charge in [-0.3, -0.25) is 4.79 Å². The Balaban J connectivity index is 1.48. The van der Waals surface area contributed by atoms with E-state index >= 15 is 0 Å². The monoisotopic (exact) mass is 384 g/mol. The van der Waals surface area contributed by atoms with Crippen molar-refractivity contribution in [2.24, 2.45) is 0 Å². The number of carbonyl (C=O) groups excluding carboxylic acids is 1. The van der Waals surface area contributed by atoms with Gasteiger partial charge in [-0.1, -0.05) is 16.5 Å². The molecule has 0 unspecified atom stereocenters. The van der Waals surface area contributed by atoms with E-state index in [4.69, 9.17) is 9.26 Å². The van der Waals surface area contributed by atoms with E-state index in [1.165, 1.54) is 0 Å². The van der Waals surface area contributed by atoms with Crippen molar-refractivity contribution in [1.29, 1.82) is 0 Å². The van der Waals surface area contributed by atoms with Crippen LogP contribution in [-0.2, 0) is 0 Å². The van der Waals surface area contributed by atoms with E-state index in [0.717, 1.165) is 40.7 Å². The molecule has 7 nitrogen and oxygen atoms in total. The lowest BCUT2D eigenvalue weighted by Gasteiger charge is -2.30. The summed E-state index contributed by atoms with van der Waals surface area (Å²) >= 11 is 1.58. The normalized spacial score (nSPS) is 17.1. The third-order valence-corrected chi connectivity index (χ3v) is 5.82. The number of aromatic nitrogens is 3. The van der Waals surface area contributed by atoms with Crippen LogP contribution in [-0.4, -0.2) is 46.4 Å². The molecule has 140 valence electrons. The average molecular weight is 384 g/mol. The summed E-state index contributed by atoms with van der Waals surface area (Å²) in [5.41, 5.74) is 1.38. The molecular weight excluding hydrogens is 364 g/mol. The molecule has 3 aromatic rings. The van der Waals surface area contributed by atoms with Gasteiger partial charge in [0.15, 0.2) is 5.69 Å². The number of benzene rings is 1. The highest BCUT2D eigenvalue weighted by molar-refractivity contribution is 7.14. The first kappa shape index (κ1) is 17.7. The van der Waals surface area contributed by atoms with Gasteiger partial charge >= 0.3 is 0 Å². The Morgan fingerprint density at radius 3 is 2.81 bits per heavy atom. The standard InChI is InChI=1S/C19H20N4O3S/c1-12-10-16(22-26-12)19(24)23-9-3-4-14(11-23)18-21-20-17(27-18)13-5-7-15(25-2)8-6-13/h5-8,10,14H,3-4,9,11H2,1-2H3/t14-/m0/s1. The van der Waals surface area contributed by atoms with Crippen molar-refractivity contribution in [1.82, 2.24) is 20.3 Å². The number of piperidine rings is 1. The molecular formula is C19H20N4O3S. The van der Waals surface area contributed by atoms with E-state index in [0.29, 0.717) is 18.0 Å². The van der Waals surface area contributed by atoms with Gasteiger partial charge in [0.1, 0.15) is 21.5 Å². The first-order chi connectivity index (χ1) is 13.1. The maximum absolute atomic E-state index is 12.6. The molecule has 1 aliphatic heterocycles. The molecule has 0 aliphatic carbocycles. The summed E-state index contributed by atoms with van der Waals surface area (Å²) in [6.45, 7) is 3.14. The Morgan fingerprint density at radius 1 is 1.30 bits per heavy atom. The number of methoxy groups -OCH3 is 1. The molecule has 0 N–H and O–H groups in total. The van der Waals surface area contributed by atoms with E-state index in [-0.39, 0.29) is 11.8 Å². The molecule has 0 saturated carbocycles. The fraction of sp³-hybridized carbons (Fsp3) is 0.368. The molecule has 3 heterocycles. The van der Waals surface area contributed by atoms with Crippen LogP contribution in [0.5, 0.6) is 5.75 Å². The van der Waals surface area contributed by atoms with Gasteiger partial charge in [-0.25, -0.2) is 0 Å². The topological polar surface area (TPSA) is 81.4 Å². The fourth-order valence-corrected chi connectivity index (χ4v) is 4.22. The van der Waals surface area contributed by atoms with Crippen LogP contribution in [0.2, 0.25) is 0 Å². The number of rotatable bonds is 4. The summed E-state index contributed by atoms with van der Waals surface area (Å²) in [7, 11) is 1.65. The van der Waals surface area contributed by atoms with E-state index in [2.05, 4.69) is 15.4 Å². The zero-order valence-corrected chi connectivity index (χ0v) is 16.0. The summed E-state index contributed by atoms with van der Waals surface area (Å²) < 4.78 is 10.2. The predicted octanol–water partition coefficient (Wildman–Crippen LogP) is 3.53. The van der Waals surface area contributed by atoms with Crippen LogP contribution in [0.3, 0.4) is 0 Å². The summed E-state index contributed by atoms with van der Waals surface area (Å²) in [5, 5.41) is 14.4. The molecule has 1 fully saturated rings. The van der Waals surface area contributed by atoms with Crippen molar-refractivity contribution < 1.29 is 14.1 Å². The van der Waals surface area contributed by atoms with Gasteiger partial charge in [-0.2, -0.15) is 0 Å². The highest BCUT2D eigenvalue weighted by Gasteiger charge is 2.29. The molecule has 8 heteroatoms. The highest BCUT2D eigenvalue weighted by atomic mass is 32.1. The molecule has 1 amide bonds. The number of amides is 1. The van der Waals surface area contributed by atoms with Crippen LogP contribution >= 0.6 is 11.3 Å². The van der Waals surface area contributed by atoms with E-state index in [9.17, 15) is 4.79 Å². The lowest BCUT2D eigenvalue weighted by molar-refractivity contribution is 0.0696. The minimum atomic E-state index is -0.0866. The maximum Gasteiger partial charge on any atom is 0.276 e. The highest BCUT2D eigenvalue weighted by Crippen LogP contribution is 2.33. The van der Waals surface area contributed by atoms with Crippen LogP contribution in [0.4, 0.5) is 0 Å². The van der Waals surface area contributed by atoms with Gasteiger partial charge in [0.05, 0.1) is 7.11 Å². The summed E-state index contributed by atoms with van der Waals surface area (Å²) in [5.74, 6) is 1.56. The zero-order valence-electron chi connectivity index (χ0n) is 15.2. The second-order valence-corrected chi connectivity index (χ2v) is 7.60. The lowest BCUT2D eigenvalue weighted by Crippen LogP contribution is -2.39. The smallest absolute Gasteiger partial charge is 0.276 e.